The summed E-state index contributed by atoms with van der Waals surface area (Å²) in [5.74, 6) is -0.427. The number of carbonyl (C=O) groups excluding carboxylic acids is 2. The Labute approximate surface area is 170 Å². The molecule has 1 N–H and O–H groups in total. The van der Waals surface area contributed by atoms with Crippen molar-refractivity contribution in [2.45, 2.75) is 98.1 Å². The van der Waals surface area contributed by atoms with Gasteiger partial charge < -0.3 is 19.1 Å². The molecule has 164 valence electrons. The fraction of sp³-hybridized carbons (Fsp3) is 0.900. The number of aliphatic hydroxyl groups excluding tert-OH is 1. The number of carbonyl (C=O) groups is 2. The zero-order valence-electron chi connectivity index (χ0n) is 18.8. The summed E-state index contributed by atoms with van der Waals surface area (Å²) in [5.41, 5.74) is -1.00. The Bertz CT molecular complexity index is 542. The van der Waals surface area contributed by atoms with E-state index in [0.717, 1.165) is 6.42 Å². The van der Waals surface area contributed by atoms with Crippen LogP contribution in [0, 0.1) is 5.41 Å². The Balaban J connectivity index is 2.96. The van der Waals surface area contributed by atoms with Crippen LogP contribution in [0.15, 0.2) is 0 Å². The number of rotatable bonds is 8. The van der Waals surface area contributed by atoms with Gasteiger partial charge in [-0.3, -0.25) is 9.59 Å². The zero-order chi connectivity index (χ0) is 21.8. The van der Waals surface area contributed by atoms with Crippen molar-refractivity contribution in [1.29, 1.82) is 0 Å². The number of aliphatic hydroxyl groups is 1. The SMILES string of the molecule is CCOC(=O)CC(O)C1CCCN1O[Si](C)(CC(C)(C)C)C(=O)OC(C)(C)C. The molecule has 1 aliphatic rings. The highest BCUT2D eigenvalue weighted by Crippen LogP contribution is 2.34. The first-order valence-electron chi connectivity index (χ1n) is 10.2. The van der Waals surface area contributed by atoms with Crippen molar-refractivity contribution in [3.05, 3.63) is 0 Å². The average Bonchev–Trinajstić information content (AvgIpc) is 2.91. The highest BCUT2D eigenvalue weighted by molar-refractivity contribution is 6.99. The molecule has 8 heteroatoms. The fourth-order valence-corrected chi connectivity index (χ4v) is 7.16. The van der Waals surface area contributed by atoms with Crippen LogP contribution < -0.4 is 0 Å². The van der Waals surface area contributed by atoms with E-state index in [2.05, 4.69) is 20.8 Å². The molecule has 0 aromatic carbocycles. The first kappa shape index (κ1) is 25.1. The van der Waals surface area contributed by atoms with Gasteiger partial charge in [-0.05, 0) is 58.5 Å². The van der Waals surface area contributed by atoms with E-state index in [-0.39, 0.29) is 30.1 Å². The van der Waals surface area contributed by atoms with Crippen LogP contribution in [0.5, 0.6) is 0 Å². The Hall–Kier alpha value is -0.963. The molecule has 3 atom stereocenters. The predicted molar refractivity (Wildman–Crippen MR) is 110 cm³/mol. The van der Waals surface area contributed by atoms with Gasteiger partial charge in [0.25, 0.3) is 0 Å². The second kappa shape index (κ2) is 9.69. The summed E-state index contributed by atoms with van der Waals surface area (Å²) < 4.78 is 17.0. The normalized spacial score (nSPS) is 21.8. The van der Waals surface area contributed by atoms with E-state index < -0.39 is 26.0 Å². The molecule has 1 rings (SSSR count). The van der Waals surface area contributed by atoms with Crippen LogP contribution in [0.25, 0.3) is 0 Å². The minimum Gasteiger partial charge on any atom is -0.466 e. The lowest BCUT2D eigenvalue weighted by Gasteiger charge is -2.38. The predicted octanol–water partition coefficient (Wildman–Crippen LogP) is 3.83. The van der Waals surface area contributed by atoms with Crippen molar-refractivity contribution in [1.82, 2.24) is 5.06 Å². The molecule has 28 heavy (non-hydrogen) atoms. The van der Waals surface area contributed by atoms with E-state index in [4.69, 9.17) is 14.0 Å². The summed E-state index contributed by atoms with van der Waals surface area (Å²) in [4.78, 5) is 24.8. The number of hydroxylamine groups is 2. The Morgan fingerprint density at radius 3 is 2.32 bits per heavy atom. The van der Waals surface area contributed by atoms with Crippen LogP contribution >= 0.6 is 0 Å². The Morgan fingerprint density at radius 1 is 1.21 bits per heavy atom. The Kier molecular flexibility index (Phi) is 8.68. The molecule has 1 saturated heterocycles. The fourth-order valence-electron chi connectivity index (χ4n) is 3.59. The molecule has 0 amide bonds. The first-order valence-corrected chi connectivity index (χ1v) is 12.8. The standard InChI is InChI=1S/C20H39NO6Si/c1-9-25-17(23)13-16(22)15-11-10-12-21(15)27-28(8,14-19(2,3)4)18(24)26-20(5,6)7/h15-16,22H,9-14H2,1-8H3. The second-order valence-electron chi connectivity index (χ2n) is 9.99. The summed E-state index contributed by atoms with van der Waals surface area (Å²) in [7, 11) is -2.97. The first-order chi connectivity index (χ1) is 12.7. The van der Waals surface area contributed by atoms with E-state index in [1.54, 1.807) is 12.0 Å². The van der Waals surface area contributed by atoms with Gasteiger partial charge in [0.1, 0.15) is 5.60 Å². The molecule has 0 aromatic rings. The van der Waals surface area contributed by atoms with Crippen molar-refractivity contribution < 1.29 is 28.7 Å². The van der Waals surface area contributed by atoms with Crippen molar-refractivity contribution in [2.24, 2.45) is 5.41 Å². The van der Waals surface area contributed by atoms with Gasteiger partial charge >= 0.3 is 19.9 Å². The third-order valence-corrected chi connectivity index (χ3v) is 7.73. The maximum Gasteiger partial charge on any atom is 0.340 e. The van der Waals surface area contributed by atoms with Gasteiger partial charge in [-0.2, -0.15) is 5.06 Å². The van der Waals surface area contributed by atoms with Crippen LogP contribution in [0.3, 0.4) is 0 Å². The van der Waals surface area contributed by atoms with Gasteiger partial charge in [0.05, 0.1) is 25.2 Å². The van der Waals surface area contributed by atoms with Crippen LogP contribution in [0.1, 0.15) is 67.7 Å². The van der Waals surface area contributed by atoms with Crippen molar-refractivity contribution in [3.63, 3.8) is 0 Å². The average molecular weight is 418 g/mol. The topological polar surface area (TPSA) is 85.3 Å². The smallest absolute Gasteiger partial charge is 0.340 e. The molecule has 0 radical (unpaired) electrons. The summed E-state index contributed by atoms with van der Waals surface area (Å²) in [6.07, 6.45) is 0.559. The highest BCUT2D eigenvalue weighted by Gasteiger charge is 2.49. The van der Waals surface area contributed by atoms with Crippen molar-refractivity contribution in [2.75, 3.05) is 13.2 Å². The van der Waals surface area contributed by atoms with Gasteiger partial charge in [-0.15, -0.1) is 0 Å². The van der Waals surface area contributed by atoms with E-state index in [9.17, 15) is 14.7 Å². The maximum absolute atomic E-state index is 13.0. The van der Waals surface area contributed by atoms with E-state index in [1.165, 1.54) is 0 Å². The van der Waals surface area contributed by atoms with Gasteiger partial charge in [-0.1, -0.05) is 20.8 Å². The van der Waals surface area contributed by atoms with Crippen LogP contribution in [-0.4, -0.2) is 60.9 Å². The minimum atomic E-state index is -2.97. The van der Waals surface area contributed by atoms with Crippen LogP contribution in [-0.2, 0) is 18.8 Å². The molecular formula is C20H39NO6Si. The summed E-state index contributed by atoms with van der Waals surface area (Å²) in [6, 6.07) is 0.255. The van der Waals surface area contributed by atoms with Crippen LogP contribution in [0.4, 0.5) is 4.79 Å². The van der Waals surface area contributed by atoms with Gasteiger partial charge in [0.2, 0.25) is 0 Å². The molecule has 1 fully saturated rings. The molecule has 0 saturated carbocycles. The van der Waals surface area contributed by atoms with Gasteiger partial charge in [0.15, 0.2) is 0 Å². The van der Waals surface area contributed by atoms with Gasteiger partial charge in [0, 0.05) is 6.54 Å². The third-order valence-electron chi connectivity index (χ3n) is 4.39. The largest absolute Gasteiger partial charge is 0.466 e. The molecule has 0 spiro atoms. The van der Waals surface area contributed by atoms with E-state index in [1.807, 2.05) is 27.3 Å². The lowest BCUT2D eigenvalue weighted by Crippen LogP contribution is -2.55. The molecule has 1 heterocycles. The monoisotopic (exact) mass is 417 g/mol. The molecule has 1 aliphatic heterocycles. The molecule has 0 aliphatic carbocycles. The number of ether oxygens (including phenoxy) is 2. The minimum absolute atomic E-state index is 0.0810. The summed E-state index contributed by atoms with van der Waals surface area (Å²) in [6.45, 7) is 16.3. The quantitative estimate of drug-likeness (QED) is 0.474. The second-order valence-corrected chi connectivity index (χ2v) is 13.4. The van der Waals surface area contributed by atoms with Gasteiger partial charge in [-0.25, -0.2) is 0 Å². The van der Waals surface area contributed by atoms with Crippen LogP contribution in [0.2, 0.25) is 12.6 Å². The molecule has 3 unspecified atom stereocenters. The van der Waals surface area contributed by atoms with Crippen molar-refractivity contribution in [3.8, 4) is 0 Å². The third kappa shape index (κ3) is 8.19. The zero-order valence-corrected chi connectivity index (χ0v) is 19.8. The summed E-state index contributed by atoms with van der Waals surface area (Å²) >= 11 is 0. The van der Waals surface area contributed by atoms with Crippen molar-refractivity contribution >= 4 is 19.9 Å². The number of hydrogen-bond donors (Lipinski definition) is 1. The van der Waals surface area contributed by atoms with E-state index in [0.29, 0.717) is 19.0 Å². The lowest BCUT2D eigenvalue weighted by atomic mass is 10.0. The molecule has 7 nitrogen and oxygen atoms in total. The molecule has 0 bridgehead atoms. The molecule has 0 aromatic heterocycles. The van der Waals surface area contributed by atoms with E-state index >= 15 is 0 Å². The number of esters is 1. The number of hydrogen-bond acceptors (Lipinski definition) is 7. The maximum atomic E-state index is 13.0. The molecular weight excluding hydrogens is 378 g/mol. The summed E-state index contributed by atoms with van der Waals surface area (Å²) in [5, 5.41) is 12.3. The Morgan fingerprint density at radius 2 is 1.82 bits per heavy atom. The number of nitrogens with zero attached hydrogens (tertiary/aromatic N) is 1. The lowest BCUT2D eigenvalue weighted by molar-refractivity contribution is -0.151. The highest BCUT2D eigenvalue weighted by atomic mass is 28.4.